The Morgan fingerprint density at radius 3 is 2.83 bits per heavy atom. The molecule has 0 spiro atoms. The predicted octanol–water partition coefficient (Wildman–Crippen LogP) is 3.36. The summed E-state index contributed by atoms with van der Waals surface area (Å²) in [5.41, 5.74) is 2.23. The van der Waals surface area contributed by atoms with Crippen molar-refractivity contribution >= 4 is 6.09 Å². The maximum absolute atomic E-state index is 12.0. The molecule has 1 heterocycles. The molecule has 1 fully saturated rings. The smallest absolute Gasteiger partial charge is 0.410 e. The number of ether oxygens (including phenoxy) is 1. The number of hydrogen-bond donors (Lipinski definition) is 0. The van der Waals surface area contributed by atoms with E-state index in [1.807, 2.05) is 37.3 Å². The predicted molar refractivity (Wildman–Crippen MR) is 71.2 cm³/mol. The summed E-state index contributed by atoms with van der Waals surface area (Å²) in [6, 6.07) is 9.93. The fourth-order valence-corrected chi connectivity index (χ4v) is 2.20. The Morgan fingerprint density at radius 2 is 2.17 bits per heavy atom. The zero-order valence-corrected chi connectivity index (χ0v) is 10.8. The first-order chi connectivity index (χ1) is 8.66. The molecule has 96 valence electrons. The van der Waals surface area contributed by atoms with Gasteiger partial charge in [-0.2, -0.15) is 0 Å². The minimum absolute atomic E-state index is 0.189. The summed E-state index contributed by atoms with van der Waals surface area (Å²) in [4.78, 5) is 13.8. The number of likely N-dealkylation sites (tertiary alicyclic amines) is 1. The van der Waals surface area contributed by atoms with Crippen LogP contribution < -0.4 is 0 Å². The molecule has 2 rings (SSSR count). The highest BCUT2D eigenvalue weighted by molar-refractivity contribution is 5.68. The van der Waals surface area contributed by atoms with Gasteiger partial charge < -0.3 is 9.64 Å². The molecule has 1 aromatic carbocycles. The highest BCUT2D eigenvalue weighted by Gasteiger charge is 2.25. The molecule has 1 saturated heterocycles. The molecular formula is C15H19NO2. The van der Waals surface area contributed by atoms with Crippen LogP contribution in [0.15, 0.2) is 42.5 Å². The molecule has 1 atom stereocenters. The standard InChI is InChI=1S/C15H19NO2/c1-12-8-9-16(13(2)10-12)15(17)18-11-14-6-4-3-5-7-14/h3-7,13H,1,8-11H2,2H3. The maximum Gasteiger partial charge on any atom is 0.410 e. The van der Waals surface area contributed by atoms with Crippen LogP contribution >= 0.6 is 0 Å². The summed E-state index contributed by atoms with van der Waals surface area (Å²) in [6.45, 7) is 7.06. The van der Waals surface area contributed by atoms with Crippen LogP contribution in [0.5, 0.6) is 0 Å². The minimum Gasteiger partial charge on any atom is -0.445 e. The van der Waals surface area contributed by atoms with Gasteiger partial charge in [0, 0.05) is 12.6 Å². The van der Waals surface area contributed by atoms with Crippen molar-refractivity contribution in [2.45, 2.75) is 32.4 Å². The van der Waals surface area contributed by atoms with Gasteiger partial charge in [-0.3, -0.25) is 0 Å². The van der Waals surface area contributed by atoms with Crippen LogP contribution in [0.1, 0.15) is 25.3 Å². The molecule has 0 radical (unpaired) electrons. The number of carbonyl (C=O) groups is 1. The van der Waals surface area contributed by atoms with E-state index in [1.165, 1.54) is 5.57 Å². The van der Waals surface area contributed by atoms with Gasteiger partial charge in [0.15, 0.2) is 0 Å². The highest BCUT2D eigenvalue weighted by atomic mass is 16.6. The molecule has 0 aliphatic carbocycles. The minimum atomic E-state index is -0.223. The van der Waals surface area contributed by atoms with Gasteiger partial charge in [-0.1, -0.05) is 42.5 Å². The molecule has 1 aliphatic heterocycles. The summed E-state index contributed by atoms with van der Waals surface area (Å²) in [5, 5.41) is 0. The average Bonchev–Trinajstić information content (AvgIpc) is 2.37. The van der Waals surface area contributed by atoms with Crippen LogP contribution in [0, 0.1) is 0 Å². The lowest BCUT2D eigenvalue weighted by molar-refractivity contribution is 0.0785. The van der Waals surface area contributed by atoms with Gasteiger partial charge in [0.05, 0.1) is 0 Å². The lowest BCUT2D eigenvalue weighted by atomic mass is 10.00. The SMILES string of the molecule is C=C1CCN(C(=O)OCc2ccccc2)C(C)C1. The summed E-state index contributed by atoms with van der Waals surface area (Å²) in [7, 11) is 0. The number of carbonyl (C=O) groups excluding carboxylic acids is 1. The maximum atomic E-state index is 12.0. The van der Waals surface area contributed by atoms with Crippen LogP contribution in [0.3, 0.4) is 0 Å². The Morgan fingerprint density at radius 1 is 1.44 bits per heavy atom. The number of hydrogen-bond acceptors (Lipinski definition) is 2. The van der Waals surface area contributed by atoms with Crippen LogP contribution in [-0.2, 0) is 11.3 Å². The fraction of sp³-hybridized carbons (Fsp3) is 0.400. The monoisotopic (exact) mass is 245 g/mol. The van der Waals surface area contributed by atoms with Crippen molar-refractivity contribution in [3.63, 3.8) is 0 Å². The second kappa shape index (κ2) is 5.71. The van der Waals surface area contributed by atoms with E-state index in [-0.39, 0.29) is 12.1 Å². The average molecular weight is 245 g/mol. The Balaban J connectivity index is 1.86. The van der Waals surface area contributed by atoms with Crippen molar-refractivity contribution in [2.75, 3.05) is 6.54 Å². The Bertz CT molecular complexity index is 427. The van der Waals surface area contributed by atoms with Crippen molar-refractivity contribution in [3.8, 4) is 0 Å². The first kappa shape index (κ1) is 12.7. The van der Waals surface area contributed by atoms with Crippen LogP contribution in [0.2, 0.25) is 0 Å². The van der Waals surface area contributed by atoms with E-state index in [1.54, 1.807) is 4.90 Å². The van der Waals surface area contributed by atoms with Crippen molar-refractivity contribution in [1.82, 2.24) is 4.90 Å². The van der Waals surface area contributed by atoms with Crippen molar-refractivity contribution < 1.29 is 9.53 Å². The van der Waals surface area contributed by atoms with Crippen molar-refractivity contribution in [3.05, 3.63) is 48.0 Å². The van der Waals surface area contributed by atoms with Crippen LogP contribution in [0.25, 0.3) is 0 Å². The van der Waals surface area contributed by atoms with Gasteiger partial charge in [-0.05, 0) is 25.3 Å². The molecule has 0 bridgehead atoms. The molecule has 3 heteroatoms. The van der Waals surface area contributed by atoms with E-state index >= 15 is 0 Å². The molecule has 1 aromatic rings. The van der Waals surface area contributed by atoms with E-state index in [2.05, 4.69) is 6.58 Å². The summed E-state index contributed by atoms with van der Waals surface area (Å²) >= 11 is 0. The second-order valence-electron chi connectivity index (χ2n) is 4.79. The molecule has 3 nitrogen and oxygen atoms in total. The highest BCUT2D eigenvalue weighted by Crippen LogP contribution is 2.21. The summed E-state index contributed by atoms with van der Waals surface area (Å²) in [6.07, 6.45) is 1.53. The van der Waals surface area contributed by atoms with Crippen molar-refractivity contribution in [1.29, 1.82) is 0 Å². The molecule has 0 aromatic heterocycles. The van der Waals surface area contributed by atoms with Gasteiger partial charge in [0.25, 0.3) is 0 Å². The number of amides is 1. The number of benzene rings is 1. The largest absolute Gasteiger partial charge is 0.445 e. The summed E-state index contributed by atoms with van der Waals surface area (Å²) < 4.78 is 5.33. The van der Waals surface area contributed by atoms with Gasteiger partial charge in [-0.15, -0.1) is 0 Å². The van der Waals surface area contributed by atoms with Gasteiger partial charge >= 0.3 is 6.09 Å². The number of rotatable bonds is 2. The first-order valence-electron chi connectivity index (χ1n) is 6.31. The lowest BCUT2D eigenvalue weighted by Gasteiger charge is -2.33. The lowest BCUT2D eigenvalue weighted by Crippen LogP contribution is -2.42. The molecule has 1 unspecified atom stereocenters. The second-order valence-corrected chi connectivity index (χ2v) is 4.79. The number of nitrogens with zero attached hydrogens (tertiary/aromatic N) is 1. The van der Waals surface area contributed by atoms with E-state index in [9.17, 15) is 4.79 Å². The van der Waals surface area contributed by atoms with Crippen LogP contribution in [0.4, 0.5) is 4.79 Å². The normalized spacial score (nSPS) is 19.7. The third-order valence-electron chi connectivity index (χ3n) is 3.26. The summed E-state index contributed by atoms with van der Waals surface area (Å²) in [5.74, 6) is 0. The Hall–Kier alpha value is -1.77. The van der Waals surface area contributed by atoms with Gasteiger partial charge in [-0.25, -0.2) is 4.79 Å². The third kappa shape index (κ3) is 3.13. The van der Waals surface area contributed by atoms with Gasteiger partial charge in [0.1, 0.15) is 6.61 Å². The molecule has 0 saturated carbocycles. The van der Waals surface area contributed by atoms with E-state index in [4.69, 9.17) is 4.74 Å². The zero-order chi connectivity index (χ0) is 13.0. The molecule has 0 N–H and O–H groups in total. The van der Waals surface area contributed by atoms with E-state index in [0.29, 0.717) is 13.2 Å². The Kier molecular flexibility index (Phi) is 4.03. The van der Waals surface area contributed by atoms with E-state index in [0.717, 1.165) is 18.4 Å². The quantitative estimate of drug-likeness (QED) is 0.748. The topological polar surface area (TPSA) is 29.5 Å². The zero-order valence-electron chi connectivity index (χ0n) is 10.8. The molecule has 1 amide bonds. The van der Waals surface area contributed by atoms with Gasteiger partial charge in [0.2, 0.25) is 0 Å². The third-order valence-corrected chi connectivity index (χ3v) is 3.26. The molecule has 18 heavy (non-hydrogen) atoms. The van der Waals surface area contributed by atoms with Crippen LogP contribution in [-0.4, -0.2) is 23.6 Å². The molecular weight excluding hydrogens is 226 g/mol. The Labute approximate surface area is 108 Å². The van der Waals surface area contributed by atoms with Crippen molar-refractivity contribution in [2.24, 2.45) is 0 Å². The number of piperidine rings is 1. The van der Waals surface area contributed by atoms with E-state index < -0.39 is 0 Å². The first-order valence-corrected chi connectivity index (χ1v) is 6.31. The molecule has 1 aliphatic rings. The fourth-order valence-electron chi connectivity index (χ4n) is 2.20.